The quantitative estimate of drug-likeness (QED) is 0.601. The van der Waals surface area contributed by atoms with E-state index in [0.717, 1.165) is 12.1 Å². The lowest BCUT2D eigenvalue weighted by molar-refractivity contribution is -0.274. The van der Waals surface area contributed by atoms with Gasteiger partial charge in [-0.1, -0.05) is 0 Å². The summed E-state index contributed by atoms with van der Waals surface area (Å²) in [6.07, 6.45) is -4.96. The van der Waals surface area contributed by atoms with E-state index in [1.165, 1.54) is 36.4 Å². The number of primary amides is 1. The summed E-state index contributed by atoms with van der Waals surface area (Å²) in [7, 11) is -4.12. The van der Waals surface area contributed by atoms with Crippen LogP contribution in [0.1, 0.15) is 12.8 Å². The molecule has 8 nitrogen and oxygen atoms in total. The Labute approximate surface area is 181 Å². The number of nitrogens with two attached hydrogens (primary N) is 1. The predicted octanol–water partition coefficient (Wildman–Crippen LogP) is 2.55. The summed E-state index contributed by atoms with van der Waals surface area (Å²) < 4.78 is 76.7. The lowest BCUT2D eigenvalue weighted by atomic mass is 9.96. The lowest BCUT2D eigenvalue weighted by Crippen LogP contribution is -2.57. The molecule has 3 N–H and O–H groups in total. The number of carbonyl (C=O) groups is 1. The van der Waals surface area contributed by atoms with Crippen molar-refractivity contribution in [3.8, 4) is 17.2 Å². The molecule has 32 heavy (non-hydrogen) atoms. The van der Waals surface area contributed by atoms with Gasteiger partial charge in [-0.15, -0.1) is 13.2 Å². The van der Waals surface area contributed by atoms with Crippen molar-refractivity contribution in [3.63, 3.8) is 0 Å². The van der Waals surface area contributed by atoms with Crippen LogP contribution >= 0.6 is 0 Å². The zero-order valence-electron chi connectivity index (χ0n) is 16.5. The van der Waals surface area contributed by atoms with Gasteiger partial charge in [0.25, 0.3) is 5.91 Å². The van der Waals surface area contributed by atoms with Crippen molar-refractivity contribution in [3.05, 3.63) is 48.5 Å². The molecule has 2 aromatic rings. The average Bonchev–Trinajstić information content (AvgIpc) is 3.24. The molecule has 0 spiro atoms. The Hall–Kier alpha value is -2.83. The van der Waals surface area contributed by atoms with E-state index >= 15 is 0 Å². The van der Waals surface area contributed by atoms with Crippen molar-refractivity contribution in [1.82, 2.24) is 0 Å². The van der Waals surface area contributed by atoms with Crippen molar-refractivity contribution >= 4 is 15.7 Å². The molecule has 1 heterocycles. The van der Waals surface area contributed by atoms with E-state index in [0.29, 0.717) is 12.8 Å². The average molecular weight is 475 g/mol. The molecule has 0 aliphatic carbocycles. The highest BCUT2D eigenvalue weighted by Crippen LogP contribution is 2.30. The van der Waals surface area contributed by atoms with Gasteiger partial charge in [-0.25, -0.2) is 8.42 Å². The highest BCUT2D eigenvalue weighted by Gasteiger charge is 2.48. The second kappa shape index (κ2) is 8.96. The molecule has 12 heteroatoms. The molecule has 2 atom stereocenters. The second-order valence-corrected chi connectivity index (χ2v) is 9.13. The fraction of sp³-hybridized carbons (Fsp3) is 0.350. The summed E-state index contributed by atoms with van der Waals surface area (Å²) in [6, 6.07) is 9.70. The number of aliphatic hydroxyl groups is 1. The fourth-order valence-corrected chi connectivity index (χ4v) is 4.84. The molecule has 1 fully saturated rings. The molecule has 1 amide bonds. The number of ether oxygens (including phenoxy) is 3. The van der Waals surface area contributed by atoms with Gasteiger partial charge in [0.2, 0.25) is 0 Å². The Morgan fingerprint density at radius 2 is 1.59 bits per heavy atom. The van der Waals surface area contributed by atoms with Gasteiger partial charge in [-0.3, -0.25) is 4.79 Å². The first-order valence-corrected chi connectivity index (χ1v) is 11.0. The van der Waals surface area contributed by atoms with Crippen LogP contribution in [-0.4, -0.2) is 49.9 Å². The first-order chi connectivity index (χ1) is 14.9. The number of carbonyl (C=O) groups excluding carboxylic acids is 1. The number of rotatable bonds is 8. The zero-order valence-corrected chi connectivity index (χ0v) is 17.4. The third kappa shape index (κ3) is 5.69. The van der Waals surface area contributed by atoms with Crippen molar-refractivity contribution in [2.24, 2.45) is 5.73 Å². The molecular weight excluding hydrogens is 455 g/mol. The van der Waals surface area contributed by atoms with E-state index < -0.39 is 45.3 Å². The predicted molar refractivity (Wildman–Crippen MR) is 105 cm³/mol. The minimum Gasteiger partial charge on any atom is -0.457 e. The van der Waals surface area contributed by atoms with Crippen molar-refractivity contribution in [2.75, 3.05) is 12.4 Å². The molecular formula is C20H20F3NO7S. The molecule has 1 saturated heterocycles. The Kier molecular flexibility index (Phi) is 6.67. The maximum atomic E-state index is 12.8. The van der Waals surface area contributed by atoms with E-state index in [1.54, 1.807) is 0 Å². The Balaban J connectivity index is 1.71. The van der Waals surface area contributed by atoms with Gasteiger partial charge in [0.15, 0.2) is 15.4 Å². The third-order valence-electron chi connectivity index (χ3n) is 4.77. The Bertz CT molecular complexity index is 1050. The fourth-order valence-electron chi connectivity index (χ4n) is 3.21. The molecule has 0 aromatic heterocycles. The van der Waals surface area contributed by atoms with Gasteiger partial charge >= 0.3 is 6.36 Å². The third-order valence-corrected chi connectivity index (χ3v) is 6.59. The van der Waals surface area contributed by atoms with Crippen LogP contribution in [-0.2, 0) is 19.4 Å². The summed E-state index contributed by atoms with van der Waals surface area (Å²) in [4.78, 5) is 11.6. The number of sulfone groups is 1. The molecule has 3 rings (SSSR count). The van der Waals surface area contributed by atoms with Crippen LogP contribution in [0.3, 0.4) is 0 Å². The molecule has 2 aromatic carbocycles. The Morgan fingerprint density at radius 3 is 2.06 bits per heavy atom. The molecule has 0 radical (unpaired) electrons. The molecule has 0 bridgehead atoms. The normalized spacial score (nSPS) is 18.7. The number of amides is 1. The number of hydrogen-bond acceptors (Lipinski definition) is 7. The monoisotopic (exact) mass is 475 g/mol. The number of benzene rings is 2. The molecule has 1 aliphatic rings. The summed E-state index contributed by atoms with van der Waals surface area (Å²) in [6.45, 7) is 0.287. The van der Waals surface area contributed by atoms with E-state index in [4.69, 9.17) is 15.2 Å². The summed E-state index contributed by atoms with van der Waals surface area (Å²) >= 11 is 0. The van der Waals surface area contributed by atoms with Crippen LogP contribution in [0.15, 0.2) is 53.4 Å². The van der Waals surface area contributed by atoms with E-state index in [2.05, 4.69) is 4.74 Å². The summed E-state index contributed by atoms with van der Waals surface area (Å²) in [5.41, 5.74) is 2.90. The molecule has 0 saturated carbocycles. The molecule has 1 aliphatic heterocycles. The number of alkyl halides is 3. The van der Waals surface area contributed by atoms with Gasteiger partial charge in [0, 0.05) is 6.61 Å². The maximum absolute atomic E-state index is 12.8. The topological polar surface area (TPSA) is 125 Å². The van der Waals surface area contributed by atoms with E-state index in [-0.39, 0.29) is 23.0 Å². The SMILES string of the molecule is NC(=O)[C@](O)(CS(=O)(=O)c1ccc(Oc2ccc(OC(F)(F)F)cc2)cc1)[C@H]1CCCO1. The summed E-state index contributed by atoms with van der Waals surface area (Å²) in [5.74, 6) is -2.15. The van der Waals surface area contributed by atoms with Crippen molar-refractivity contribution in [2.45, 2.75) is 35.8 Å². The Morgan fingerprint density at radius 1 is 1.06 bits per heavy atom. The van der Waals surface area contributed by atoms with Gasteiger partial charge in [0.05, 0.1) is 16.8 Å². The minimum atomic E-state index is -4.81. The second-order valence-electron chi connectivity index (χ2n) is 7.14. The molecule has 0 unspecified atom stereocenters. The van der Waals surface area contributed by atoms with Gasteiger partial charge < -0.3 is 25.1 Å². The van der Waals surface area contributed by atoms with Crippen molar-refractivity contribution in [1.29, 1.82) is 0 Å². The maximum Gasteiger partial charge on any atom is 0.573 e. The van der Waals surface area contributed by atoms with Crippen LogP contribution in [0.4, 0.5) is 13.2 Å². The number of hydrogen-bond donors (Lipinski definition) is 2. The van der Waals surface area contributed by atoms with Crippen LogP contribution in [0.5, 0.6) is 17.2 Å². The standard InChI is InChI=1S/C20H20F3NO7S/c21-20(22,23)31-15-5-3-13(4-6-15)30-14-7-9-16(10-8-14)32(27,28)12-19(26,18(24)25)17-2-1-11-29-17/h3-10,17,26H,1-2,11-12H2,(H2,24,25)/t17-,19+/m1/s1. The van der Waals surface area contributed by atoms with E-state index in [9.17, 15) is 31.5 Å². The summed E-state index contributed by atoms with van der Waals surface area (Å²) in [5, 5.41) is 10.6. The van der Waals surface area contributed by atoms with Gasteiger partial charge in [-0.05, 0) is 61.4 Å². The van der Waals surface area contributed by atoms with Crippen LogP contribution < -0.4 is 15.2 Å². The number of halogens is 3. The first-order valence-electron chi connectivity index (χ1n) is 9.39. The molecule has 174 valence electrons. The first kappa shape index (κ1) is 23.8. The minimum absolute atomic E-state index is 0.184. The smallest absolute Gasteiger partial charge is 0.457 e. The zero-order chi connectivity index (χ0) is 23.6. The van der Waals surface area contributed by atoms with Crippen molar-refractivity contribution < 1.29 is 45.7 Å². The highest BCUT2D eigenvalue weighted by atomic mass is 32.2. The van der Waals surface area contributed by atoms with Gasteiger partial charge in [-0.2, -0.15) is 0 Å². The lowest BCUT2D eigenvalue weighted by Gasteiger charge is -2.29. The van der Waals surface area contributed by atoms with Crippen LogP contribution in [0, 0.1) is 0 Å². The van der Waals surface area contributed by atoms with Gasteiger partial charge in [0.1, 0.15) is 17.2 Å². The largest absolute Gasteiger partial charge is 0.573 e. The highest BCUT2D eigenvalue weighted by molar-refractivity contribution is 7.91. The van der Waals surface area contributed by atoms with E-state index in [1.807, 2.05) is 0 Å². The van der Waals surface area contributed by atoms with Crippen LogP contribution in [0.25, 0.3) is 0 Å². The van der Waals surface area contributed by atoms with Crippen LogP contribution in [0.2, 0.25) is 0 Å².